The van der Waals surface area contributed by atoms with Gasteiger partial charge in [-0.25, -0.2) is 4.79 Å². The largest absolute Gasteiger partial charge is 0.465 e. The van der Waals surface area contributed by atoms with Crippen LogP contribution in [0.15, 0.2) is 11.6 Å². The van der Waals surface area contributed by atoms with Crippen molar-refractivity contribution in [2.75, 3.05) is 13.2 Å². The molecule has 19 heavy (non-hydrogen) atoms. The number of amides is 2. The van der Waals surface area contributed by atoms with E-state index in [1.807, 2.05) is 13.8 Å². The van der Waals surface area contributed by atoms with Gasteiger partial charge >= 0.3 is 12.0 Å². The molecular formula is C14H24N2O3. The Hall–Kier alpha value is -1.52. The van der Waals surface area contributed by atoms with Gasteiger partial charge in [-0.3, -0.25) is 4.79 Å². The van der Waals surface area contributed by atoms with Gasteiger partial charge in [0.15, 0.2) is 0 Å². The molecule has 108 valence electrons. The second-order valence-corrected chi connectivity index (χ2v) is 5.88. The normalized spacial score (nSPS) is 23.4. The summed E-state index contributed by atoms with van der Waals surface area (Å²) in [5.74, 6) is 0.0758. The molecule has 0 bridgehead atoms. The number of carbonyl (C=O) groups excluding carboxylic acids is 2. The van der Waals surface area contributed by atoms with Crippen molar-refractivity contribution in [3.8, 4) is 0 Å². The lowest BCUT2D eigenvalue weighted by molar-refractivity contribution is -0.146. The zero-order valence-corrected chi connectivity index (χ0v) is 12.2. The molecule has 1 saturated carbocycles. The fraction of sp³-hybridized carbons (Fsp3) is 0.714. The number of urea groups is 1. The molecule has 2 atom stereocenters. The third-order valence-corrected chi connectivity index (χ3v) is 3.54. The molecule has 0 aromatic carbocycles. The van der Waals surface area contributed by atoms with E-state index in [0.29, 0.717) is 19.6 Å². The summed E-state index contributed by atoms with van der Waals surface area (Å²) in [5.41, 5.74) is 6.14. The van der Waals surface area contributed by atoms with Crippen molar-refractivity contribution in [2.45, 2.75) is 34.1 Å². The van der Waals surface area contributed by atoms with Gasteiger partial charge in [-0.15, -0.1) is 0 Å². The highest BCUT2D eigenvalue weighted by atomic mass is 16.5. The number of nitrogens with two attached hydrogens (primary N) is 1. The molecule has 2 amide bonds. The average molecular weight is 268 g/mol. The molecule has 5 heteroatoms. The fourth-order valence-electron chi connectivity index (χ4n) is 2.34. The zero-order valence-electron chi connectivity index (χ0n) is 12.2. The van der Waals surface area contributed by atoms with Gasteiger partial charge in [0.2, 0.25) is 0 Å². The van der Waals surface area contributed by atoms with E-state index in [-0.39, 0.29) is 23.2 Å². The Bertz CT molecular complexity index is 384. The number of ether oxygens (including phenoxy) is 1. The van der Waals surface area contributed by atoms with Gasteiger partial charge in [0.05, 0.1) is 12.5 Å². The van der Waals surface area contributed by atoms with E-state index < -0.39 is 6.03 Å². The predicted molar refractivity (Wildman–Crippen MR) is 73.4 cm³/mol. The lowest BCUT2D eigenvalue weighted by atomic mass is 10.1. The van der Waals surface area contributed by atoms with Crippen LogP contribution in [0.1, 0.15) is 34.1 Å². The summed E-state index contributed by atoms with van der Waals surface area (Å²) in [4.78, 5) is 22.4. The van der Waals surface area contributed by atoms with Crippen LogP contribution in [0, 0.1) is 17.3 Å². The molecule has 1 aliphatic carbocycles. The highest BCUT2D eigenvalue weighted by Gasteiger charge is 2.61. The van der Waals surface area contributed by atoms with Gasteiger partial charge in [0, 0.05) is 6.54 Å². The second-order valence-electron chi connectivity index (χ2n) is 5.88. The number of hydrogen-bond donors (Lipinski definition) is 2. The van der Waals surface area contributed by atoms with E-state index in [2.05, 4.69) is 25.2 Å². The molecule has 1 fully saturated rings. The molecule has 0 aromatic heterocycles. The van der Waals surface area contributed by atoms with Crippen molar-refractivity contribution in [3.05, 3.63) is 11.6 Å². The van der Waals surface area contributed by atoms with Crippen LogP contribution in [0.2, 0.25) is 0 Å². The molecule has 2 unspecified atom stereocenters. The van der Waals surface area contributed by atoms with E-state index in [1.165, 1.54) is 5.57 Å². The maximum atomic E-state index is 11.9. The van der Waals surface area contributed by atoms with Crippen molar-refractivity contribution < 1.29 is 14.3 Å². The summed E-state index contributed by atoms with van der Waals surface area (Å²) >= 11 is 0. The number of nitrogens with one attached hydrogen (secondary N) is 1. The smallest absolute Gasteiger partial charge is 0.312 e. The highest BCUT2D eigenvalue weighted by Crippen LogP contribution is 2.59. The zero-order chi connectivity index (χ0) is 14.6. The molecule has 1 rings (SSSR count). The summed E-state index contributed by atoms with van der Waals surface area (Å²) in [5, 5.41) is 2.45. The number of primary amides is 1. The van der Waals surface area contributed by atoms with Crippen LogP contribution in [-0.4, -0.2) is 25.2 Å². The van der Waals surface area contributed by atoms with Gasteiger partial charge in [-0.2, -0.15) is 0 Å². The maximum Gasteiger partial charge on any atom is 0.312 e. The third kappa shape index (κ3) is 4.26. The first-order valence-corrected chi connectivity index (χ1v) is 6.61. The van der Waals surface area contributed by atoms with Gasteiger partial charge in [0.25, 0.3) is 0 Å². The number of allylic oxidation sites excluding steroid dienone is 2. The number of rotatable bonds is 6. The Morgan fingerprint density at radius 3 is 2.53 bits per heavy atom. The molecule has 5 nitrogen and oxygen atoms in total. The summed E-state index contributed by atoms with van der Waals surface area (Å²) in [6.07, 6.45) is 2.72. The minimum atomic E-state index is -0.557. The molecule has 3 N–H and O–H groups in total. The van der Waals surface area contributed by atoms with Crippen molar-refractivity contribution in [2.24, 2.45) is 23.0 Å². The van der Waals surface area contributed by atoms with Gasteiger partial charge < -0.3 is 15.8 Å². The lowest BCUT2D eigenvalue weighted by Gasteiger charge is -2.05. The van der Waals surface area contributed by atoms with Crippen LogP contribution in [0.5, 0.6) is 0 Å². The molecular weight excluding hydrogens is 244 g/mol. The fourth-order valence-corrected chi connectivity index (χ4v) is 2.34. The van der Waals surface area contributed by atoms with E-state index in [0.717, 1.165) is 0 Å². The van der Waals surface area contributed by atoms with Crippen LogP contribution in [-0.2, 0) is 9.53 Å². The topological polar surface area (TPSA) is 81.4 Å². The Morgan fingerprint density at radius 1 is 1.37 bits per heavy atom. The van der Waals surface area contributed by atoms with Crippen LogP contribution in [0.3, 0.4) is 0 Å². The minimum Gasteiger partial charge on any atom is -0.465 e. The van der Waals surface area contributed by atoms with Gasteiger partial charge in [-0.1, -0.05) is 25.5 Å². The first-order chi connectivity index (χ1) is 8.76. The molecule has 0 radical (unpaired) electrons. The van der Waals surface area contributed by atoms with Crippen LogP contribution >= 0.6 is 0 Å². The maximum absolute atomic E-state index is 11.9. The van der Waals surface area contributed by atoms with Crippen molar-refractivity contribution in [3.63, 3.8) is 0 Å². The minimum absolute atomic E-state index is 0.0141. The van der Waals surface area contributed by atoms with Gasteiger partial charge in [0.1, 0.15) is 0 Å². The van der Waals surface area contributed by atoms with Crippen LogP contribution in [0.25, 0.3) is 0 Å². The second kappa shape index (κ2) is 6.08. The predicted octanol–water partition coefficient (Wildman–Crippen LogP) is 1.83. The van der Waals surface area contributed by atoms with E-state index in [1.54, 1.807) is 0 Å². The molecule has 0 aliphatic heterocycles. The first kappa shape index (κ1) is 15.5. The highest BCUT2D eigenvalue weighted by molar-refractivity contribution is 5.78. The van der Waals surface area contributed by atoms with Crippen molar-refractivity contribution in [1.29, 1.82) is 0 Å². The van der Waals surface area contributed by atoms with Crippen LogP contribution in [0.4, 0.5) is 4.79 Å². The molecule has 0 spiro atoms. The summed E-state index contributed by atoms with van der Waals surface area (Å²) in [6.45, 7) is 8.97. The van der Waals surface area contributed by atoms with Crippen molar-refractivity contribution in [1.82, 2.24) is 5.32 Å². The Balaban J connectivity index is 2.31. The van der Waals surface area contributed by atoms with Crippen molar-refractivity contribution >= 4 is 12.0 Å². The Morgan fingerprint density at radius 2 is 2.00 bits per heavy atom. The van der Waals surface area contributed by atoms with Gasteiger partial charge in [-0.05, 0) is 31.6 Å². The number of carbonyl (C=O) groups is 2. The first-order valence-electron chi connectivity index (χ1n) is 6.61. The lowest BCUT2D eigenvalue weighted by Crippen LogP contribution is -2.30. The average Bonchev–Trinajstić information content (AvgIpc) is 2.78. The Kier molecular flexibility index (Phi) is 4.97. The van der Waals surface area contributed by atoms with E-state index in [4.69, 9.17) is 10.5 Å². The number of hydrogen-bond acceptors (Lipinski definition) is 3. The standard InChI is InChI=1S/C14H24N2O3/c1-9(2)8-10-11(14(10,3)4)12(17)19-7-5-6-16-13(15)18/h8,10-11H,5-7H2,1-4H3,(H3,15,16,18). The molecule has 1 aliphatic rings. The molecule has 0 heterocycles. The summed E-state index contributed by atoms with van der Waals surface area (Å²) in [7, 11) is 0. The Labute approximate surface area is 114 Å². The summed E-state index contributed by atoms with van der Waals surface area (Å²) < 4.78 is 5.23. The number of esters is 1. The van der Waals surface area contributed by atoms with Crippen LogP contribution < -0.4 is 11.1 Å². The monoisotopic (exact) mass is 268 g/mol. The SMILES string of the molecule is CC(C)=CC1C(C(=O)OCCCNC(N)=O)C1(C)C. The quantitative estimate of drug-likeness (QED) is 0.438. The van der Waals surface area contributed by atoms with E-state index >= 15 is 0 Å². The molecule has 0 saturated heterocycles. The summed E-state index contributed by atoms with van der Waals surface area (Å²) in [6, 6.07) is -0.557. The third-order valence-electron chi connectivity index (χ3n) is 3.54. The molecule has 0 aromatic rings. The van der Waals surface area contributed by atoms with E-state index in [9.17, 15) is 9.59 Å².